The lowest BCUT2D eigenvalue weighted by Gasteiger charge is -2.12. The number of nitrogens with one attached hydrogen (secondary N) is 2. The van der Waals surface area contributed by atoms with E-state index in [1.807, 2.05) is 13.0 Å². The number of ether oxygens (including phenoxy) is 2. The van der Waals surface area contributed by atoms with Crippen LogP contribution in [0.2, 0.25) is 0 Å². The van der Waals surface area contributed by atoms with Crippen LogP contribution in [0.3, 0.4) is 0 Å². The molecule has 24 heavy (non-hydrogen) atoms. The van der Waals surface area contributed by atoms with Crippen molar-refractivity contribution >= 4 is 29.9 Å². The van der Waals surface area contributed by atoms with Crippen LogP contribution in [0.4, 0.5) is 8.78 Å². The lowest BCUT2D eigenvalue weighted by atomic mass is 10.2. The maximum Gasteiger partial charge on any atom is 0.387 e. The first-order valence-electron chi connectivity index (χ1n) is 7.71. The van der Waals surface area contributed by atoms with Crippen molar-refractivity contribution in [1.82, 2.24) is 10.6 Å². The van der Waals surface area contributed by atoms with Crippen LogP contribution in [0.15, 0.2) is 29.3 Å². The predicted octanol–water partition coefficient (Wildman–Crippen LogP) is 3.39. The Balaban J connectivity index is 0.00000529. The molecule has 2 N–H and O–H groups in total. The molecule has 1 aromatic carbocycles. The normalized spacial score (nSPS) is 11.1. The minimum atomic E-state index is -2.82. The molecule has 138 valence electrons. The molecule has 0 aliphatic carbocycles. The van der Waals surface area contributed by atoms with Gasteiger partial charge >= 0.3 is 6.61 Å². The van der Waals surface area contributed by atoms with Gasteiger partial charge in [0.15, 0.2) is 5.96 Å². The zero-order valence-electron chi connectivity index (χ0n) is 14.1. The molecule has 0 saturated carbocycles. The summed E-state index contributed by atoms with van der Waals surface area (Å²) >= 11 is 0. The highest BCUT2D eigenvalue weighted by molar-refractivity contribution is 14.0. The van der Waals surface area contributed by atoms with Gasteiger partial charge in [0.05, 0.1) is 0 Å². The monoisotopic (exact) mass is 457 g/mol. The summed E-state index contributed by atoms with van der Waals surface area (Å²) in [6, 6.07) is 6.59. The largest absolute Gasteiger partial charge is 0.435 e. The third-order valence-electron chi connectivity index (χ3n) is 3.02. The Morgan fingerprint density at radius 2 is 2.04 bits per heavy atom. The number of unbranched alkanes of at least 4 members (excludes halogenated alkanes) is 1. The lowest BCUT2D eigenvalue weighted by molar-refractivity contribution is -0.0498. The zero-order valence-corrected chi connectivity index (χ0v) is 16.4. The highest BCUT2D eigenvalue weighted by Crippen LogP contribution is 2.15. The van der Waals surface area contributed by atoms with E-state index in [1.165, 1.54) is 6.07 Å². The maximum absolute atomic E-state index is 12.2. The average Bonchev–Trinajstić information content (AvgIpc) is 2.53. The van der Waals surface area contributed by atoms with Gasteiger partial charge in [-0.3, -0.25) is 4.99 Å². The zero-order chi connectivity index (χ0) is 16.9. The summed E-state index contributed by atoms with van der Waals surface area (Å²) in [7, 11) is 1.69. The van der Waals surface area contributed by atoms with Gasteiger partial charge in [0, 0.05) is 33.4 Å². The summed E-state index contributed by atoms with van der Waals surface area (Å²) in [5.74, 6) is 0.819. The second-order valence-corrected chi connectivity index (χ2v) is 4.78. The number of nitrogens with zero attached hydrogens (tertiary/aromatic N) is 1. The molecule has 1 aromatic rings. The van der Waals surface area contributed by atoms with Crippen LogP contribution in [-0.4, -0.2) is 39.4 Å². The topological polar surface area (TPSA) is 54.9 Å². The summed E-state index contributed by atoms with van der Waals surface area (Å²) < 4.78 is 34.0. The molecule has 0 radical (unpaired) electrons. The molecule has 1 rings (SSSR count). The summed E-state index contributed by atoms with van der Waals surface area (Å²) in [6.07, 6.45) is 1.98. The number of aliphatic imine (C=N–C) groups is 1. The van der Waals surface area contributed by atoms with E-state index in [4.69, 9.17) is 4.74 Å². The van der Waals surface area contributed by atoms with E-state index in [0.717, 1.165) is 38.2 Å². The quantitative estimate of drug-likeness (QED) is 0.245. The number of halogens is 3. The maximum atomic E-state index is 12.2. The second-order valence-electron chi connectivity index (χ2n) is 4.78. The van der Waals surface area contributed by atoms with E-state index in [1.54, 1.807) is 19.2 Å². The number of guanidine groups is 1. The molecule has 0 amide bonds. The van der Waals surface area contributed by atoms with Crippen molar-refractivity contribution in [2.75, 3.05) is 26.8 Å². The molecule has 8 heteroatoms. The summed E-state index contributed by atoms with van der Waals surface area (Å²) in [6.45, 7) is 1.93. The van der Waals surface area contributed by atoms with Crippen molar-refractivity contribution in [3.63, 3.8) is 0 Å². The number of hydrogen-bond donors (Lipinski definition) is 2. The first kappa shape index (κ1) is 22.8. The smallest absolute Gasteiger partial charge is 0.387 e. The minimum Gasteiger partial charge on any atom is -0.435 e. The van der Waals surface area contributed by atoms with Crippen LogP contribution in [-0.2, 0) is 11.3 Å². The SMILES string of the molecule is CCOCCCCNC(=NC)NCc1cccc(OC(F)F)c1.I. The van der Waals surface area contributed by atoms with Crippen LogP contribution in [0.1, 0.15) is 25.3 Å². The van der Waals surface area contributed by atoms with Crippen LogP contribution in [0.25, 0.3) is 0 Å². The van der Waals surface area contributed by atoms with Crippen LogP contribution >= 0.6 is 24.0 Å². The highest BCUT2D eigenvalue weighted by Gasteiger charge is 2.05. The molecular weight excluding hydrogens is 431 g/mol. The van der Waals surface area contributed by atoms with Crippen LogP contribution in [0.5, 0.6) is 5.75 Å². The Labute approximate surface area is 159 Å². The van der Waals surface area contributed by atoms with Crippen molar-refractivity contribution in [2.45, 2.75) is 32.9 Å². The fourth-order valence-corrected chi connectivity index (χ4v) is 1.92. The third kappa shape index (κ3) is 10.6. The standard InChI is InChI=1S/C16H25F2N3O2.HI/c1-3-22-10-5-4-9-20-16(19-2)21-12-13-7-6-8-14(11-13)23-15(17)18;/h6-8,11,15H,3-5,9-10,12H2,1-2H3,(H2,19,20,21);1H. The van der Waals surface area contributed by atoms with Gasteiger partial charge in [0.2, 0.25) is 0 Å². The van der Waals surface area contributed by atoms with Gasteiger partial charge in [-0.15, -0.1) is 24.0 Å². The van der Waals surface area contributed by atoms with Gasteiger partial charge in [-0.1, -0.05) is 12.1 Å². The first-order chi connectivity index (χ1) is 11.2. The Hall–Kier alpha value is -1.16. The molecular formula is C16H26F2IN3O2. The number of alkyl halides is 2. The Bertz CT molecular complexity index is 476. The average molecular weight is 457 g/mol. The molecule has 0 unspecified atom stereocenters. The Morgan fingerprint density at radius 1 is 1.25 bits per heavy atom. The van der Waals surface area contributed by atoms with Gasteiger partial charge in [-0.2, -0.15) is 8.78 Å². The fourth-order valence-electron chi connectivity index (χ4n) is 1.92. The van der Waals surface area contributed by atoms with Crippen LogP contribution in [0, 0.1) is 0 Å². The molecule has 0 aliphatic rings. The molecule has 0 heterocycles. The molecule has 0 atom stereocenters. The molecule has 0 saturated heterocycles. The van der Waals surface area contributed by atoms with E-state index < -0.39 is 6.61 Å². The molecule has 0 spiro atoms. The number of benzene rings is 1. The Kier molecular flexibility index (Phi) is 13.5. The minimum absolute atomic E-state index is 0. The third-order valence-corrected chi connectivity index (χ3v) is 3.02. The van der Waals surface area contributed by atoms with E-state index >= 15 is 0 Å². The van der Waals surface area contributed by atoms with Crippen molar-refractivity contribution in [1.29, 1.82) is 0 Å². The highest BCUT2D eigenvalue weighted by atomic mass is 127. The first-order valence-corrected chi connectivity index (χ1v) is 7.71. The van der Waals surface area contributed by atoms with Crippen molar-refractivity contribution in [2.24, 2.45) is 4.99 Å². The van der Waals surface area contributed by atoms with E-state index in [0.29, 0.717) is 12.5 Å². The Morgan fingerprint density at radius 3 is 2.71 bits per heavy atom. The molecule has 0 fully saturated rings. The molecule has 0 aliphatic heterocycles. The predicted molar refractivity (Wildman–Crippen MR) is 102 cm³/mol. The fraction of sp³-hybridized carbons (Fsp3) is 0.562. The number of hydrogen-bond acceptors (Lipinski definition) is 3. The van der Waals surface area contributed by atoms with Gasteiger partial charge in [0.25, 0.3) is 0 Å². The van der Waals surface area contributed by atoms with Crippen molar-refractivity contribution in [3.8, 4) is 5.75 Å². The van der Waals surface area contributed by atoms with Crippen molar-refractivity contribution < 1.29 is 18.3 Å². The van der Waals surface area contributed by atoms with Gasteiger partial charge in [-0.05, 0) is 37.5 Å². The lowest BCUT2D eigenvalue weighted by Crippen LogP contribution is -2.37. The molecule has 0 aromatic heterocycles. The van der Waals surface area contributed by atoms with E-state index in [-0.39, 0.29) is 29.7 Å². The summed E-state index contributed by atoms with van der Waals surface area (Å²) in [4.78, 5) is 4.12. The van der Waals surface area contributed by atoms with Crippen molar-refractivity contribution in [3.05, 3.63) is 29.8 Å². The summed E-state index contributed by atoms with van der Waals surface area (Å²) in [5, 5.41) is 6.33. The van der Waals surface area contributed by atoms with E-state index in [2.05, 4.69) is 20.4 Å². The number of rotatable bonds is 10. The van der Waals surface area contributed by atoms with Gasteiger partial charge < -0.3 is 20.1 Å². The van der Waals surface area contributed by atoms with E-state index in [9.17, 15) is 8.78 Å². The second kappa shape index (κ2) is 14.2. The molecule has 0 bridgehead atoms. The molecule has 5 nitrogen and oxygen atoms in total. The summed E-state index contributed by atoms with van der Waals surface area (Å²) in [5.41, 5.74) is 0.836. The van der Waals surface area contributed by atoms with Crippen LogP contribution < -0.4 is 15.4 Å². The van der Waals surface area contributed by atoms with Gasteiger partial charge in [-0.25, -0.2) is 0 Å². The van der Waals surface area contributed by atoms with Gasteiger partial charge in [0.1, 0.15) is 5.75 Å².